The molecule has 0 atom stereocenters. The third kappa shape index (κ3) is 5.38. The molecule has 186 valence electrons. The SMILES string of the molecule is Cc1cc(-c2ccc3c(c2NC(=O)NS(=O)(=O)c2ccn(C(C)(C)CN(C)C)n2)CCC3)ccn1. The number of carbonyl (C=O) groups excluding carboxylic acids is 1. The van der Waals surface area contributed by atoms with E-state index in [1.54, 1.807) is 17.1 Å². The topological polar surface area (TPSA) is 109 Å². The lowest BCUT2D eigenvalue weighted by molar-refractivity contribution is 0.221. The molecule has 1 aliphatic rings. The number of hydrogen-bond donors (Lipinski definition) is 2. The molecule has 1 aliphatic carbocycles. The molecule has 0 spiro atoms. The van der Waals surface area contributed by atoms with Crippen LogP contribution in [0.25, 0.3) is 11.1 Å². The lowest BCUT2D eigenvalue weighted by Crippen LogP contribution is -2.38. The van der Waals surface area contributed by atoms with Crippen LogP contribution in [0.5, 0.6) is 0 Å². The van der Waals surface area contributed by atoms with Gasteiger partial charge in [-0.3, -0.25) is 9.67 Å². The number of nitrogens with zero attached hydrogens (tertiary/aromatic N) is 4. The number of amides is 2. The number of aromatic nitrogens is 3. The summed E-state index contributed by atoms with van der Waals surface area (Å²) in [5, 5.41) is 6.87. The largest absolute Gasteiger partial charge is 0.333 e. The predicted octanol–water partition coefficient (Wildman–Crippen LogP) is 3.55. The quantitative estimate of drug-likeness (QED) is 0.518. The van der Waals surface area contributed by atoms with Gasteiger partial charge in [0.25, 0.3) is 10.0 Å². The molecule has 2 N–H and O–H groups in total. The lowest BCUT2D eigenvalue weighted by Gasteiger charge is -2.28. The van der Waals surface area contributed by atoms with Gasteiger partial charge in [0.05, 0.1) is 11.2 Å². The van der Waals surface area contributed by atoms with Crippen molar-refractivity contribution < 1.29 is 13.2 Å². The third-order valence-corrected chi connectivity index (χ3v) is 7.34. The lowest BCUT2D eigenvalue weighted by atomic mass is 9.97. The maximum Gasteiger partial charge on any atom is 0.333 e. The van der Waals surface area contributed by atoms with Gasteiger partial charge in [-0.15, -0.1) is 0 Å². The van der Waals surface area contributed by atoms with Gasteiger partial charge in [0.2, 0.25) is 0 Å². The van der Waals surface area contributed by atoms with Gasteiger partial charge in [0, 0.05) is 30.2 Å². The first-order valence-electron chi connectivity index (χ1n) is 11.6. The van der Waals surface area contributed by atoms with E-state index in [0.717, 1.165) is 41.6 Å². The van der Waals surface area contributed by atoms with Gasteiger partial charge in [-0.1, -0.05) is 12.1 Å². The first-order valence-corrected chi connectivity index (χ1v) is 13.1. The molecule has 0 saturated heterocycles. The van der Waals surface area contributed by atoms with Crippen molar-refractivity contribution in [3.05, 3.63) is 59.5 Å². The molecule has 2 heterocycles. The van der Waals surface area contributed by atoms with Crippen molar-refractivity contribution in [1.29, 1.82) is 0 Å². The summed E-state index contributed by atoms with van der Waals surface area (Å²) in [4.78, 5) is 19.2. The number of urea groups is 1. The summed E-state index contributed by atoms with van der Waals surface area (Å²) in [5.74, 6) is 0. The number of pyridine rings is 1. The Morgan fingerprint density at radius 2 is 1.94 bits per heavy atom. The molecule has 4 rings (SSSR count). The second kappa shape index (κ2) is 9.43. The number of anilines is 1. The highest BCUT2D eigenvalue weighted by Gasteiger charge is 2.27. The summed E-state index contributed by atoms with van der Waals surface area (Å²) in [6, 6.07) is 8.45. The second-order valence-electron chi connectivity index (χ2n) is 9.87. The number of benzene rings is 1. The van der Waals surface area contributed by atoms with Crippen LogP contribution >= 0.6 is 0 Å². The smallest absolute Gasteiger partial charge is 0.307 e. The van der Waals surface area contributed by atoms with Gasteiger partial charge in [0.1, 0.15) is 0 Å². The molecule has 0 unspecified atom stereocenters. The minimum absolute atomic E-state index is 0.206. The average Bonchev–Trinajstić information content (AvgIpc) is 3.43. The van der Waals surface area contributed by atoms with Crippen LogP contribution in [-0.2, 0) is 28.4 Å². The van der Waals surface area contributed by atoms with E-state index in [0.29, 0.717) is 12.2 Å². The Morgan fingerprint density at radius 3 is 2.66 bits per heavy atom. The number of aryl methyl sites for hydroxylation is 2. The van der Waals surface area contributed by atoms with Gasteiger partial charge in [-0.05, 0) is 89.0 Å². The highest BCUT2D eigenvalue weighted by molar-refractivity contribution is 7.90. The number of nitrogens with one attached hydrogen (secondary N) is 2. The first kappa shape index (κ1) is 24.9. The second-order valence-corrected chi connectivity index (χ2v) is 11.5. The summed E-state index contributed by atoms with van der Waals surface area (Å²) in [5.41, 5.74) is 5.01. The van der Waals surface area contributed by atoms with Crippen LogP contribution in [0.4, 0.5) is 10.5 Å². The fourth-order valence-electron chi connectivity index (χ4n) is 4.71. The van der Waals surface area contributed by atoms with Crippen molar-refractivity contribution >= 4 is 21.7 Å². The Hall–Kier alpha value is -3.24. The average molecular weight is 497 g/mol. The zero-order chi connectivity index (χ0) is 25.4. The van der Waals surface area contributed by atoms with E-state index in [1.807, 2.05) is 58.0 Å². The predicted molar refractivity (Wildman–Crippen MR) is 136 cm³/mol. The van der Waals surface area contributed by atoms with Gasteiger partial charge < -0.3 is 10.2 Å². The molecular weight excluding hydrogens is 464 g/mol. The molecule has 0 saturated carbocycles. The molecule has 0 bridgehead atoms. The highest BCUT2D eigenvalue weighted by atomic mass is 32.2. The van der Waals surface area contributed by atoms with Gasteiger partial charge in [0.15, 0.2) is 5.03 Å². The normalized spacial score (nSPS) is 13.7. The van der Waals surface area contributed by atoms with Crippen molar-refractivity contribution in [1.82, 2.24) is 24.4 Å². The van der Waals surface area contributed by atoms with E-state index in [4.69, 9.17) is 0 Å². The number of sulfonamides is 1. The molecule has 2 amide bonds. The molecule has 2 aromatic heterocycles. The number of carbonyl (C=O) groups is 1. The minimum atomic E-state index is -4.16. The van der Waals surface area contributed by atoms with E-state index >= 15 is 0 Å². The molecular formula is C25H32N6O3S. The number of fused-ring (bicyclic) bond motifs is 1. The standard InChI is InChI=1S/C25H32N6O3S/c1-17-15-19(11-13-26-17)21-10-9-18-7-6-8-20(18)23(21)27-24(32)29-35(33,34)22-12-14-31(28-22)25(2,3)16-30(4)5/h9-15H,6-8,16H2,1-5H3,(H2,27,29,32). The Bertz CT molecular complexity index is 1360. The van der Waals surface area contributed by atoms with Crippen molar-refractivity contribution in [2.24, 2.45) is 0 Å². The van der Waals surface area contributed by atoms with Crippen LogP contribution in [0.3, 0.4) is 0 Å². The molecule has 0 aliphatic heterocycles. The van der Waals surface area contributed by atoms with Crippen LogP contribution in [-0.4, -0.2) is 54.8 Å². The molecule has 35 heavy (non-hydrogen) atoms. The van der Waals surface area contributed by atoms with Gasteiger partial charge >= 0.3 is 6.03 Å². The fraction of sp³-hybridized carbons (Fsp3) is 0.400. The highest BCUT2D eigenvalue weighted by Crippen LogP contribution is 2.37. The molecule has 0 radical (unpaired) electrons. The molecule has 10 heteroatoms. The Balaban J connectivity index is 1.59. The summed E-state index contributed by atoms with van der Waals surface area (Å²) in [6.45, 7) is 6.50. The van der Waals surface area contributed by atoms with Crippen LogP contribution < -0.4 is 10.0 Å². The monoisotopic (exact) mass is 496 g/mol. The van der Waals surface area contributed by atoms with E-state index in [2.05, 4.69) is 26.2 Å². The van der Waals surface area contributed by atoms with E-state index in [1.165, 1.54) is 11.6 Å². The zero-order valence-corrected chi connectivity index (χ0v) is 21.6. The van der Waals surface area contributed by atoms with Gasteiger partial charge in [-0.25, -0.2) is 9.52 Å². The van der Waals surface area contributed by atoms with Crippen molar-refractivity contribution in [2.45, 2.75) is 50.6 Å². The van der Waals surface area contributed by atoms with Crippen molar-refractivity contribution in [3.8, 4) is 11.1 Å². The Kier molecular flexibility index (Phi) is 6.70. The summed E-state index contributed by atoms with van der Waals surface area (Å²) in [6.07, 6.45) is 6.08. The maximum absolute atomic E-state index is 13.0. The number of likely N-dealkylation sites (N-methyl/N-ethyl adjacent to an activating group) is 1. The van der Waals surface area contributed by atoms with E-state index in [9.17, 15) is 13.2 Å². The van der Waals surface area contributed by atoms with Crippen LogP contribution in [0.1, 0.15) is 37.1 Å². The summed E-state index contributed by atoms with van der Waals surface area (Å²) < 4.78 is 29.7. The first-order chi connectivity index (χ1) is 16.5. The molecule has 9 nitrogen and oxygen atoms in total. The third-order valence-electron chi connectivity index (χ3n) is 6.12. The van der Waals surface area contributed by atoms with Crippen LogP contribution in [0, 0.1) is 6.92 Å². The summed E-state index contributed by atoms with van der Waals surface area (Å²) in [7, 11) is -0.281. The Morgan fingerprint density at radius 1 is 1.17 bits per heavy atom. The minimum Gasteiger partial charge on any atom is -0.307 e. The zero-order valence-electron chi connectivity index (χ0n) is 20.8. The molecule has 0 fully saturated rings. The van der Waals surface area contributed by atoms with Crippen molar-refractivity contribution in [3.63, 3.8) is 0 Å². The van der Waals surface area contributed by atoms with Crippen molar-refractivity contribution in [2.75, 3.05) is 26.0 Å². The number of hydrogen-bond acceptors (Lipinski definition) is 6. The molecule has 1 aromatic carbocycles. The van der Waals surface area contributed by atoms with E-state index in [-0.39, 0.29) is 5.03 Å². The maximum atomic E-state index is 13.0. The van der Waals surface area contributed by atoms with Crippen LogP contribution in [0.15, 0.2) is 47.8 Å². The van der Waals surface area contributed by atoms with Crippen LogP contribution in [0.2, 0.25) is 0 Å². The Labute approximate surface area is 206 Å². The van der Waals surface area contributed by atoms with Gasteiger partial charge in [-0.2, -0.15) is 13.5 Å². The fourth-order valence-corrected chi connectivity index (χ4v) is 5.55. The number of rotatable bonds is 7. The van der Waals surface area contributed by atoms with E-state index < -0.39 is 21.6 Å². The molecule has 3 aromatic rings. The summed E-state index contributed by atoms with van der Waals surface area (Å²) >= 11 is 0.